The molecule has 0 atom stereocenters. The third kappa shape index (κ3) is 1.89. The Morgan fingerprint density at radius 2 is 1.27 bits per heavy atom. The third-order valence-electron chi connectivity index (χ3n) is 4.38. The van der Waals surface area contributed by atoms with Crippen LogP contribution in [0.2, 0.25) is 0 Å². The van der Waals surface area contributed by atoms with E-state index in [1.54, 1.807) is 0 Å². The predicted molar refractivity (Wildman–Crippen MR) is 90.8 cm³/mol. The first-order chi connectivity index (χ1) is 10.8. The van der Waals surface area contributed by atoms with Gasteiger partial charge in [-0.1, -0.05) is 54.6 Å². The molecule has 0 aliphatic carbocycles. The predicted octanol–water partition coefficient (Wildman–Crippen LogP) is 4.13. The maximum absolute atomic E-state index is 9.52. The Morgan fingerprint density at radius 3 is 2.09 bits per heavy atom. The van der Waals surface area contributed by atoms with Crippen molar-refractivity contribution >= 4 is 32.3 Å². The van der Waals surface area contributed by atoms with Crippen molar-refractivity contribution in [1.29, 1.82) is 0 Å². The molecule has 0 aliphatic rings. The van der Waals surface area contributed by atoms with E-state index in [0.29, 0.717) is 0 Å². The van der Waals surface area contributed by atoms with Gasteiger partial charge in [0.15, 0.2) is 0 Å². The Morgan fingerprint density at radius 1 is 0.591 bits per heavy atom. The fourth-order valence-corrected chi connectivity index (χ4v) is 3.25. The lowest BCUT2D eigenvalue weighted by Crippen LogP contribution is -1.88. The van der Waals surface area contributed by atoms with Gasteiger partial charge in [-0.3, -0.25) is 0 Å². The largest absolute Gasteiger partial charge is 0.392 e. The van der Waals surface area contributed by atoms with Gasteiger partial charge in [0.2, 0.25) is 0 Å². The summed E-state index contributed by atoms with van der Waals surface area (Å²) in [6.45, 7) is 0.0969. The Kier molecular flexibility index (Phi) is 3.07. The lowest BCUT2D eigenvalue weighted by molar-refractivity contribution is 0.282. The number of aliphatic hydroxyl groups excluding tert-OH is 2. The number of rotatable bonds is 2. The highest BCUT2D eigenvalue weighted by Gasteiger charge is 2.07. The van der Waals surface area contributed by atoms with Gasteiger partial charge in [0, 0.05) is 0 Å². The van der Waals surface area contributed by atoms with Crippen LogP contribution in [0.25, 0.3) is 32.3 Å². The van der Waals surface area contributed by atoms with E-state index in [4.69, 9.17) is 0 Å². The summed E-state index contributed by atoms with van der Waals surface area (Å²) in [6.07, 6.45) is 0. The molecule has 0 aromatic heterocycles. The topological polar surface area (TPSA) is 40.5 Å². The van der Waals surface area contributed by atoms with E-state index in [0.717, 1.165) is 27.3 Å². The SMILES string of the molecule is OCc1ccc2ccc3c4cccc(CO)c4ccc3c2c1. The number of benzene rings is 4. The van der Waals surface area contributed by atoms with Gasteiger partial charge in [0.1, 0.15) is 0 Å². The lowest BCUT2D eigenvalue weighted by Gasteiger charge is -2.10. The van der Waals surface area contributed by atoms with E-state index in [2.05, 4.69) is 42.5 Å². The van der Waals surface area contributed by atoms with Crippen LogP contribution in [-0.2, 0) is 13.2 Å². The molecular weight excluding hydrogens is 272 g/mol. The minimum Gasteiger partial charge on any atom is -0.392 e. The average molecular weight is 288 g/mol. The second kappa shape index (κ2) is 5.09. The van der Waals surface area contributed by atoms with Gasteiger partial charge in [0.25, 0.3) is 0 Å². The number of hydrogen-bond acceptors (Lipinski definition) is 2. The molecule has 0 saturated carbocycles. The van der Waals surface area contributed by atoms with Crippen molar-refractivity contribution in [2.24, 2.45) is 0 Å². The molecule has 4 aromatic rings. The van der Waals surface area contributed by atoms with Gasteiger partial charge < -0.3 is 10.2 Å². The molecule has 0 aliphatic heterocycles. The highest BCUT2D eigenvalue weighted by molar-refractivity contribution is 6.17. The summed E-state index contributed by atoms with van der Waals surface area (Å²) in [7, 11) is 0. The maximum Gasteiger partial charge on any atom is 0.0687 e. The molecule has 2 nitrogen and oxygen atoms in total. The minimum atomic E-state index is 0.0467. The molecule has 0 spiro atoms. The monoisotopic (exact) mass is 288 g/mol. The van der Waals surface area contributed by atoms with Crippen molar-refractivity contribution in [2.45, 2.75) is 13.2 Å². The molecule has 2 heteroatoms. The molecular formula is C20H16O2. The van der Waals surface area contributed by atoms with Crippen LogP contribution >= 0.6 is 0 Å². The van der Waals surface area contributed by atoms with Crippen LogP contribution in [0.5, 0.6) is 0 Å². The molecule has 0 fully saturated rings. The summed E-state index contributed by atoms with van der Waals surface area (Å²) >= 11 is 0. The second-order valence-electron chi connectivity index (χ2n) is 5.61. The quantitative estimate of drug-likeness (QED) is 0.544. The van der Waals surface area contributed by atoms with Crippen LogP contribution in [0.15, 0.2) is 60.7 Å². The summed E-state index contributed by atoms with van der Waals surface area (Å²) in [5.74, 6) is 0. The van der Waals surface area contributed by atoms with E-state index in [-0.39, 0.29) is 13.2 Å². The first-order valence-corrected chi connectivity index (χ1v) is 7.39. The smallest absolute Gasteiger partial charge is 0.0687 e. The Labute approximate surface area is 128 Å². The van der Waals surface area contributed by atoms with Crippen LogP contribution in [0.3, 0.4) is 0 Å². The molecule has 0 radical (unpaired) electrons. The van der Waals surface area contributed by atoms with Crippen LogP contribution in [0.4, 0.5) is 0 Å². The highest BCUT2D eigenvalue weighted by Crippen LogP contribution is 2.33. The van der Waals surface area contributed by atoms with Crippen molar-refractivity contribution < 1.29 is 10.2 Å². The van der Waals surface area contributed by atoms with E-state index >= 15 is 0 Å². The number of aliphatic hydroxyl groups is 2. The van der Waals surface area contributed by atoms with E-state index < -0.39 is 0 Å². The van der Waals surface area contributed by atoms with Gasteiger partial charge >= 0.3 is 0 Å². The highest BCUT2D eigenvalue weighted by atomic mass is 16.3. The molecule has 4 aromatic carbocycles. The van der Waals surface area contributed by atoms with Crippen LogP contribution in [0, 0.1) is 0 Å². The van der Waals surface area contributed by atoms with Crippen molar-refractivity contribution in [1.82, 2.24) is 0 Å². The van der Waals surface area contributed by atoms with E-state index in [1.807, 2.05) is 18.2 Å². The maximum atomic E-state index is 9.52. The van der Waals surface area contributed by atoms with Gasteiger partial charge in [-0.2, -0.15) is 0 Å². The molecule has 0 amide bonds. The zero-order valence-electron chi connectivity index (χ0n) is 12.1. The fraction of sp³-hybridized carbons (Fsp3) is 0.100. The molecule has 0 saturated heterocycles. The van der Waals surface area contributed by atoms with Crippen LogP contribution < -0.4 is 0 Å². The Balaban J connectivity index is 2.17. The van der Waals surface area contributed by atoms with Gasteiger partial charge in [-0.25, -0.2) is 0 Å². The summed E-state index contributed by atoms with van der Waals surface area (Å²) in [4.78, 5) is 0. The first kappa shape index (κ1) is 13.3. The van der Waals surface area contributed by atoms with Crippen LogP contribution in [-0.4, -0.2) is 10.2 Å². The van der Waals surface area contributed by atoms with Crippen molar-refractivity contribution in [3.8, 4) is 0 Å². The Bertz CT molecular complexity index is 997. The summed E-state index contributed by atoms with van der Waals surface area (Å²) in [5.41, 5.74) is 1.87. The normalized spacial score (nSPS) is 11.5. The average Bonchev–Trinajstić information content (AvgIpc) is 2.59. The zero-order valence-corrected chi connectivity index (χ0v) is 12.1. The second-order valence-corrected chi connectivity index (χ2v) is 5.61. The molecule has 0 heterocycles. The van der Waals surface area contributed by atoms with E-state index in [1.165, 1.54) is 16.2 Å². The molecule has 108 valence electrons. The summed E-state index contributed by atoms with van der Waals surface area (Å²) in [5, 5.41) is 25.8. The van der Waals surface area contributed by atoms with Gasteiger partial charge in [-0.15, -0.1) is 0 Å². The van der Waals surface area contributed by atoms with Gasteiger partial charge in [-0.05, 0) is 49.5 Å². The molecule has 0 unspecified atom stereocenters. The first-order valence-electron chi connectivity index (χ1n) is 7.39. The fourth-order valence-electron chi connectivity index (χ4n) is 3.25. The van der Waals surface area contributed by atoms with Crippen molar-refractivity contribution in [3.63, 3.8) is 0 Å². The standard InChI is InChI=1S/C20H16O2/c21-11-13-4-5-14-6-7-18-17-3-1-2-15(12-22)16(17)8-9-19(18)20(14)10-13/h1-10,21-22H,11-12H2. The molecule has 22 heavy (non-hydrogen) atoms. The van der Waals surface area contributed by atoms with E-state index in [9.17, 15) is 10.2 Å². The third-order valence-corrected chi connectivity index (χ3v) is 4.38. The minimum absolute atomic E-state index is 0.0467. The van der Waals surface area contributed by atoms with Crippen molar-refractivity contribution in [2.75, 3.05) is 0 Å². The molecule has 4 rings (SSSR count). The lowest BCUT2D eigenvalue weighted by atomic mass is 9.94. The van der Waals surface area contributed by atoms with Gasteiger partial charge in [0.05, 0.1) is 13.2 Å². The Hall–Kier alpha value is -2.42. The molecule has 0 bridgehead atoms. The number of fused-ring (bicyclic) bond motifs is 5. The zero-order chi connectivity index (χ0) is 15.1. The number of hydrogen-bond donors (Lipinski definition) is 2. The summed E-state index contributed by atoms with van der Waals surface area (Å²) in [6, 6.07) is 20.5. The summed E-state index contributed by atoms with van der Waals surface area (Å²) < 4.78 is 0. The van der Waals surface area contributed by atoms with Crippen molar-refractivity contribution in [3.05, 3.63) is 71.8 Å². The van der Waals surface area contributed by atoms with Crippen LogP contribution in [0.1, 0.15) is 11.1 Å². The molecule has 2 N–H and O–H groups in total.